The molecule has 0 atom stereocenters. The second-order valence-corrected chi connectivity index (χ2v) is 3.85. The van der Waals surface area contributed by atoms with Crippen molar-refractivity contribution in [3.63, 3.8) is 0 Å². The third kappa shape index (κ3) is 1.80. The number of rotatable bonds is 2. The van der Waals surface area contributed by atoms with E-state index in [2.05, 4.69) is 0 Å². The van der Waals surface area contributed by atoms with Gasteiger partial charge in [-0.15, -0.1) is 0 Å². The molecule has 3 nitrogen and oxygen atoms in total. The maximum atomic E-state index is 10.6. The smallest absolute Gasteiger partial charge is 0.307 e. The molecule has 15 heavy (non-hydrogen) atoms. The number of hydrogen-bond donors (Lipinski definition) is 1. The van der Waals surface area contributed by atoms with E-state index in [1.165, 1.54) is 6.26 Å². The summed E-state index contributed by atoms with van der Waals surface area (Å²) in [5.41, 5.74) is 1.02. The van der Waals surface area contributed by atoms with Gasteiger partial charge in [0.1, 0.15) is 5.02 Å². The summed E-state index contributed by atoms with van der Waals surface area (Å²) in [6, 6.07) is 3.32. The van der Waals surface area contributed by atoms with Crippen LogP contribution in [-0.4, -0.2) is 11.1 Å². The summed E-state index contributed by atoms with van der Waals surface area (Å²) in [6.07, 6.45) is 1.30. The zero-order chi connectivity index (χ0) is 11.0. The molecule has 0 fully saturated rings. The first kappa shape index (κ1) is 10.3. The van der Waals surface area contributed by atoms with Crippen molar-refractivity contribution in [1.82, 2.24) is 0 Å². The highest BCUT2D eigenvalue weighted by Gasteiger charge is 2.13. The van der Waals surface area contributed by atoms with Crippen LogP contribution in [0.15, 0.2) is 22.8 Å². The van der Waals surface area contributed by atoms with E-state index in [4.69, 9.17) is 32.7 Å². The standard InChI is InChI=1S/C10H6Cl2O3/c11-7-2-1-6-5(3-8(13)14)4-15-10(6)9(7)12/h1-2,4H,3H2,(H,13,14). The van der Waals surface area contributed by atoms with E-state index in [9.17, 15) is 4.79 Å². The number of carboxylic acids is 1. The van der Waals surface area contributed by atoms with E-state index in [0.29, 0.717) is 26.6 Å². The Kier molecular flexibility index (Phi) is 2.59. The Bertz CT molecular complexity index is 531. The normalized spacial score (nSPS) is 10.8. The fraction of sp³-hybridized carbons (Fsp3) is 0.100. The van der Waals surface area contributed by atoms with Gasteiger partial charge in [-0.2, -0.15) is 0 Å². The molecule has 1 aromatic heterocycles. The summed E-state index contributed by atoms with van der Waals surface area (Å²) in [7, 11) is 0. The highest BCUT2D eigenvalue weighted by Crippen LogP contribution is 2.33. The minimum atomic E-state index is -0.913. The molecule has 0 spiro atoms. The Morgan fingerprint density at radius 2 is 2.13 bits per heavy atom. The molecule has 0 unspecified atom stereocenters. The van der Waals surface area contributed by atoms with E-state index < -0.39 is 5.97 Å². The molecule has 0 aliphatic heterocycles. The number of carboxylic acid groups (broad SMARTS) is 1. The van der Waals surface area contributed by atoms with Crippen LogP contribution in [0.1, 0.15) is 5.56 Å². The number of aliphatic carboxylic acids is 1. The van der Waals surface area contributed by atoms with Gasteiger partial charge >= 0.3 is 5.97 Å². The van der Waals surface area contributed by atoms with Gasteiger partial charge in [-0.1, -0.05) is 23.2 Å². The molecule has 0 bridgehead atoms. The van der Waals surface area contributed by atoms with Gasteiger partial charge in [0, 0.05) is 10.9 Å². The monoisotopic (exact) mass is 244 g/mol. The highest BCUT2D eigenvalue weighted by atomic mass is 35.5. The predicted molar refractivity (Wildman–Crippen MR) is 57.6 cm³/mol. The van der Waals surface area contributed by atoms with Crippen molar-refractivity contribution in [3.8, 4) is 0 Å². The second kappa shape index (κ2) is 3.76. The molecule has 0 saturated carbocycles. The predicted octanol–water partition coefficient (Wildman–Crippen LogP) is 3.37. The Morgan fingerprint density at radius 3 is 2.80 bits per heavy atom. The third-order valence-corrected chi connectivity index (χ3v) is 2.84. The molecule has 0 aliphatic carbocycles. The highest BCUT2D eigenvalue weighted by molar-refractivity contribution is 6.44. The lowest BCUT2D eigenvalue weighted by atomic mass is 10.1. The topological polar surface area (TPSA) is 50.4 Å². The Morgan fingerprint density at radius 1 is 1.40 bits per heavy atom. The SMILES string of the molecule is O=C(O)Cc1coc2c(Cl)c(Cl)ccc12. The molecule has 1 N–H and O–H groups in total. The molecule has 2 rings (SSSR count). The van der Waals surface area contributed by atoms with Gasteiger partial charge in [0.15, 0.2) is 5.58 Å². The van der Waals surface area contributed by atoms with Gasteiger partial charge in [0.05, 0.1) is 17.7 Å². The lowest BCUT2D eigenvalue weighted by Gasteiger charge is -1.96. The van der Waals surface area contributed by atoms with Gasteiger partial charge in [-0.3, -0.25) is 4.79 Å². The average Bonchev–Trinajstić information content (AvgIpc) is 2.55. The number of carbonyl (C=O) groups is 1. The van der Waals surface area contributed by atoms with E-state index in [1.807, 2.05) is 0 Å². The van der Waals surface area contributed by atoms with Crippen LogP contribution in [-0.2, 0) is 11.2 Å². The van der Waals surface area contributed by atoms with E-state index in [0.717, 1.165) is 0 Å². The number of halogens is 2. The number of hydrogen-bond acceptors (Lipinski definition) is 2. The Labute approximate surface area is 95.2 Å². The molecule has 5 heteroatoms. The first-order valence-electron chi connectivity index (χ1n) is 4.15. The third-order valence-electron chi connectivity index (χ3n) is 2.06. The molecule has 0 saturated heterocycles. The number of benzene rings is 1. The molecule has 1 heterocycles. The molecule has 0 amide bonds. The van der Waals surface area contributed by atoms with Gasteiger partial charge < -0.3 is 9.52 Å². The fourth-order valence-corrected chi connectivity index (χ4v) is 1.75. The lowest BCUT2D eigenvalue weighted by molar-refractivity contribution is -0.136. The van der Waals surface area contributed by atoms with Crippen molar-refractivity contribution < 1.29 is 14.3 Å². The van der Waals surface area contributed by atoms with Gasteiger partial charge in [0.25, 0.3) is 0 Å². The van der Waals surface area contributed by atoms with Crippen molar-refractivity contribution in [3.05, 3.63) is 34.0 Å². The maximum absolute atomic E-state index is 10.6. The molecule has 2 aromatic rings. The minimum absolute atomic E-state index is 0.0923. The first-order chi connectivity index (χ1) is 7.09. The van der Waals surface area contributed by atoms with Crippen LogP contribution >= 0.6 is 23.2 Å². The second-order valence-electron chi connectivity index (χ2n) is 3.07. The largest absolute Gasteiger partial charge is 0.481 e. The quantitative estimate of drug-likeness (QED) is 0.882. The van der Waals surface area contributed by atoms with Crippen molar-refractivity contribution in [2.24, 2.45) is 0 Å². The van der Waals surface area contributed by atoms with Crippen LogP contribution in [0.2, 0.25) is 10.0 Å². The minimum Gasteiger partial charge on any atom is -0.481 e. The Hall–Kier alpha value is -1.19. The average molecular weight is 245 g/mol. The summed E-state index contributed by atoms with van der Waals surface area (Å²) < 4.78 is 5.18. The zero-order valence-corrected chi connectivity index (χ0v) is 8.97. The van der Waals surface area contributed by atoms with Crippen LogP contribution in [0, 0.1) is 0 Å². The summed E-state index contributed by atoms with van der Waals surface area (Å²) in [6.45, 7) is 0. The Balaban J connectivity index is 2.61. The van der Waals surface area contributed by atoms with Gasteiger partial charge in [0.2, 0.25) is 0 Å². The first-order valence-corrected chi connectivity index (χ1v) is 4.91. The fourth-order valence-electron chi connectivity index (χ4n) is 1.39. The number of furan rings is 1. The maximum Gasteiger partial charge on any atom is 0.307 e. The summed E-state index contributed by atoms with van der Waals surface area (Å²) in [5.74, 6) is -0.913. The van der Waals surface area contributed by atoms with Crippen LogP contribution in [0.5, 0.6) is 0 Å². The molecule has 0 aliphatic rings. The molecule has 0 radical (unpaired) electrons. The van der Waals surface area contributed by atoms with Gasteiger partial charge in [-0.05, 0) is 12.1 Å². The van der Waals surface area contributed by atoms with Crippen LogP contribution in [0.4, 0.5) is 0 Å². The number of fused-ring (bicyclic) bond motifs is 1. The summed E-state index contributed by atoms with van der Waals surface area (Å²) in [5, 5.41) is 10.1. The summed E-state index contributed by atoms with van der Waals surface area (Å²) >= 11 is 11.7. The zero-order valence-electron chi connectivity index (χ0n) is 7.46. The van der Waals surface area contributed by atoms with Crippen molar-refractivity contribution in [2.45, 2.75) is 6.42 Å². The van der Waals surface area contributed by atoms with Crippen LogP contribution in [0.3, 0.4) is 0 Å². The van der Waals surface area contributed by atoms with E-state index in [-0.39, 0.29) is 6.42 Å². The van der Waals surface area contributed by atoms with Crippen LogP contribution in [0.25, 0.3) is 11.0 Å². The molecule has 1 aromatic carbocycles. The van der Waals surface area contributed by atoms with Crippen molar-refractivity contribution >= 4 is 40.1 Å². The van der Waals surface area contributed by atoms with Crippen molar-refractivity contribution in [2.75, 3.05) is 0 Å². The van der Waals surface area contributed by atoms with Crippen LogP contribution < -0.4 is 0 Å². The lowest BCUT2D eigenvalue weighted by Crippen LogP contribution is -1.98. The summed E-state index contributed by atoms with van der Waals surface area (Å²) in [4.78, 5) is 10.6. The van der Waals surface area contributed by atoms with Gasteiger partial charge in [-0.25, -0.2) is 0 Å². The molecule has 78 valence electrons. The molecular formula is C10H6Cl2O3. The van der Waals surface area contributed by atoms with E-state index in [1.54, 1.807) is 12.1 Å². The van der Waals surface area contributed by atoms with E-state index >= 15 is 0 Å². The molecular weight excluding hydrogens is 239 g/mol. The van der Waals surface area contributed by atoms with Crippen molar-refractivity contribution in [1.29, 1.82) is 0 Å².